The number of pyridine rings is 2. The molecule has 0 saturated heterocycles. The zero-order chi connectivity index (χ0) is 63.5. The molecule has 456 valence electrons. The molecule has 0 bridgehead atoms. The van der Waals surface area contributed by atoms with E-state index >= 15 is 0 Å². The fraction of sp³-hybridized carbons (Fsp3) is 0.208. The van der Waals surface area contributed by atoms with Gasteiger partial charge in [0.25, 0.3) is 0 Å². The quantitative estimate of drug-likeness (QED) is 0.0176. The number of alkyl halides is 6. The standard InChI is InChI=1S/C25H22NO9P.C25H21NO6.2CHF3O3S.CH4/c1-13-9-15(24(27)28)10-14(2)23(13)34-25(29)22-18-11-16(33-4)5-7-20(18)26(3)21-8-6-17(12-19(21)22)35-36(30,31)32;1-13-9-15(24(28)29)10-14(2)23(13)32-25(30)22-18-11-16(27)5-7-20(18)26(3)21-8-6-17(31-4)12-19(21)22;2*2-1(3,4)8(5,6)7;/h5-12H,1-4H3,(H2-,27,28,30,31,32);5-12H,1-4H3,(H-,27,28,29,30);2*(H,5,6,7);1H4/p-2. The largest absolute Gasteiger partial charge is 0.780 e. The summed E-state index contributed by atoms with van der Waals surface area (Å²) in [4.78, 5) is 72.3. The van der Waals surface area contributed by atoms with Crippen molar-refractivity contribution in [1.29, 1.82) is 0 Å². The highest BCUT2D eigenvalue weighted by molar-refractivity contribution is 7.86. The molecule has 8 aromatic rings. The van der Waals surface area contributed by atoms with E-state index in [0.717, 1.165) is 11.0 Å². The van der Waals surface area contributed by atoms with Crippen LogP contribution in [0.25, 0.3) is 43.6 Å². The Kier molecular flexibility index (Phi) is 21.1. The Morgan fingerprint density at radius 2 is 0.788 bits per heavy atom. The van der Waals surface area contributed by atoms with Crippen LogP contribution < -0.4 is 42.4 Å². The number of ether oxygens (including phenoxy) is 4. The molecule has 0 aliphatic rings. The molecular formula is C53H47F6N2O21PS2-2. The van der Waals surface area contributed by atoms with Gasteiger partial charge in [-0.05, 0) is 123 Å². The predicted octanol–water partition coefficient (Wildman–Crippen LogP) is 7.37. The summed E-state index contributed by atoms with van der Waals surface area (Å²) >= 11 is 0. The van der Waals surface area contributed by atoms with Crippen LogP contribution in [0.1, 0.15) is 71.1 Å². The highest BCUT2D eigenvalue weighted by Crippen LogP contribution is 2.37. The van der Waals surface area contributed by atoms with E-state index in [0.29, 0.717) is 66.7 Å². The number of benzene rings is 6. The smallest absolute Gasteiger partial charge is 0.485 e. The molecule has 32 heteroatoms. The van der Waals surface area contributed by atoms with E-state index in [9.17, 15) is 75.2 Å². The lowest BCUT2D eigenvalue weighted by molar-refractivity contribution is -0.617. The van der Waals surface area contributed by atoms with Crippen molar-refractivity contribution < 1.29 is 134 Å². The number of fused-ring (bicyclic) bond motifs is 4. The molecule has 8 rings (SSSR count). The lowest BCUT2D eigenvalue weighted by Crippen LogP contribution is -2.31. The number of hydrogen-bond donors (Lipinski definition) is 3. The SMILES string of the molecule is C.COc1ccc2c(c1)c(C(=O)Oc1c(C)cc(C(=O)O)cc1C)c1cc(O)ccc1[n+]2C.COc1ccc2c(c1)c(C(=O)Oc1c(C)cc(C(=O)O)cc1C)c1cc(OP(=O)([O-])[O-])ccc1[n+]2C.O=S(=O)([O-])C(F)(F)F.O=S(=O)([O-])C(F)(F)F. The first-order valence-corrected chi connectivity index (χ1v) is 27.3. The number of phosphoric ester groups is 1. The molecule has 0 aliphatic carbocycles. The Labute approximate surface area is 478 Å². The number of esters is 2. The number of phenols is 1. The van der Waals surface area contributed by atoms with Crippen LogP contribution in [0.5, 0.6) is 34.5 Å². The summed E-state index contributed by atoms with van der Waals surface area (Å²) in [5.74, 6) is -2.27. The van der Waals surface area contributed by atoms with Crippen LogP contribution in [0, 0.1) is 27.7 Å². The lowest BCUT2D eigenvalue weighted by atomic mass is 10.0. The van der Waals surface area contributed by atoms with Crippen LogP contribution in [0.4, 0.5) is 26.3 Å². The summed E-state index contributed by atoms with van der Waals surface area (Å²) in [5.41, 5.74) is -6.10. The fourth-order valence-electron chi connectivity index (χ4n) is 8.23. The van der Waals surface area contributed by atoms with E-state index in [4.69, 9.17) is 44.9 Å². The van der Waals surface area contributed by atoms with Crippen LogP contribution in [-0.2, 0) is 38.9 Å². The molecule has 0 spiro atoms. The van der Waals surface area contributed by atoms with Crippen LogP contribution in [0.3, 0.4) is 0 Å². The molecule has 6 aromatic carbocycles. The molecule has 0 saturated carbocycles. The van der Waals surface area contributed by atoms with Gasteiger partial charge in [0, 0.05) is 24.3 Å². The van der Waals surface area contributed by atoms with Crippen LogP contribution in [0.2, 0.25) is 0 Å². The number of phenolic OH excluding ortho intramolecular Hbond substituents is 1. The third-order valence-electron chi connectivity index (χ3n) is 11.9. The molecule has 0 aliphatic heterocycles. The van der Waals surface area contributed by atoms with Crippen molar-refractivity contribution in [2.45, 2.75) is 46.1 Å². The van der Waals surface area contributed by atoms with Crippen LogP contribution in [-0.4, -0.2) is 90.4 Å². The maximum absolute atomic E-state index is 13.7. The number of carboxylic acid groups (broad SMARTS) is 2. The molecule has 23 nitrogen and oxygen atoms in total. The summed E-state index contributed by atoms with van der Waals surface area (Å²) < 4.78 is 160. The van der Waals surface area contributed by atoms with Crippen molar-refractivity contribution in [3.05, 3.63) is 142 Å². The molecule has 0 atom stereocenters. The minimum Gasteiger partial charge on any atom is -0.780 e. The molecule has 0 radical (unpaired) electrons. The average Bonchev–Trinajstić information content (AvgIpc) is 0.869. The number of aromatic hydroxyl groups is 1. The van der Waals surface area contributed by atoms with Crippen molar-refractivity contribution in [2.24, 2.45) is 14.1 Å². The first kappa shape index (κ1) is 68.8. The number of carbonyl (C=O) groups is 4. The second-order valence-corrected chi connectivity index (χ2v) is 21.4. The van der Waals surface area contributed by atoms with E-state index in [1.807, 2.05) is 23.7 Å². The van der Waals surface area contributed by atoms with Gasteiger partial charge in [-0.3, -0.25) is 0 Å². The Morgan fingerprint density at radius 1 is 0.518 bits per heavy atom. The highest BCUT2D eigenvalue weighted by Gasteiger charge is 2.38. The van der Waals surface area contributed by atoms with Gasteiger partial charge in [0.15, 0.2) is 20.2 Å². The van der Waals surface area contributed by atoms with Crippen molar-refractivity contribution in [3.8, 4) is 34.5 Å². The number of rotatable bonds is 10. The summed E-state index contributed by atoms with van der Waals surface area (Å²) in [6.07, 6.45) is 0. The van der Waals surface area contributed by atoms with Crippen molar-refractivity contribution in [2.75, 3.05) is 14.2 Å². The van der Waals surface area contributed by atoms with Gasteiger partial charge in [0.1, 0.15) is 56.4 Å². The molecule has 3 N–H and O–H groups in total. The zero-order valence-electron chi connectivity index (χ0n) is 44.4. The normalized spacial score (nSPS) is 11.6. The third-order valence-corrected chi connectivity index (χ3v) is 13.4. The van der Waals surface area contributed by atoms with Gasteiger partial charge in [0.05, 0.1) is 58.0 Å². The molecule has 0 amide bonds. The molecular weight excluding hydrogens is 1210 g/mol. The first-order chi connectivity index (χ1) is 38.6. The van der Waals surface area contributed by atoms with Gasteiger partial charge in [-0.15, -0.1) is 0 Å². The first-order valence-electron chi connectivity index (χ1n) is 23.1. The van der Waals surface area contributed by atoms with Gasteiger partial charge >= 0.3 is 34.9 Å². The van der Waals surface area contributed by atoms with E-state index in [1.54, 1.807) is 82.8 Å². The topological polar surface area (TPSA) is 360 Å². The minimum atomic E-state index is -6.09. The Morgan fingerprint density at radius 3 is 1.06 bits per heavy atom. The Hall–Kier alpha value is -8.71. The van der Waals surface area contributed by atoms with Gasteiger partial charge < -0.3 is 62.2 Å². The van der Waals surface area contributed by atoms with Crippen LogP contribution in [0.15, 0.2) is 97.1 Å². The van der Waals surface area contributed by atoms with Gasteiger partial charge in [0.2, 0.25) is 22.1 Å². The summed E-state index contributed by atoms with van der Waals surface area (Å²) in [6.45, 7) is 6.63. The maximum atomic E-state index is 13.7. The summed E-state index contributed by atoms with van der Waals surface area (Å²) in [5, 5.41) is 30.5. The number of aromatic nitrogens is 2. The van der Waals surface area contributed by atoms with Gasteiger partial charge in [-0.2, -0.15) is 35.5 Å². The van der Waals surface area contributed by atoms with E-state index < -0.39 is 63.0 Å². The van der Waals surface area contributed by atoms with E-state index in [-0.39, 0.29) is 52.3 Å². The Balaban J connectivity index is 0.000000288. The summed E-state index contributed by atoms with van der Waals surface area (Å²) in [7, 11) is -10.9. The monoisotopic (exact) mass is 1260 g/mol. The Bertz CT molecular complexity index is 4180. The van der Waals surface area contributed by atoms with Gasteiger partial charge in [-0.1, -0.05) is 7.43 Å². The predicted molar refractivity (Wildman–Crippen MR) is 282 cm³/mol. The second-order valence-electron chi connectivity index (χ2n) is 17.6. The van der Waals surface area contributed by atoms with Gasteiger partial charge in [-0.25, -0.2) is 36.0 Å². The van der Waals surface area contributed by atoms with Crippen molar-refractivity contribution in [1.82, 2.24) is 0 Å². The molecule has 85 heavy (non-hydrogen) atoms. The van der Waals surface area contributed by atoms with E-state index in [2.05, 4.69) is 4.52 Å². The average molecular weight is 1260 g/mol. The number of aryl methyl sites for hydroxylation is 6. The van der Waals surface area contributed by atoms with Crippen molar-refractivity contribution in [3.63, 3.8) is 0 Å². The number of halogens is 6. The number of carboxylic acids is 2. The molecule has 0 fully saturated rings. The third kappa shape index (κ3) is 16.1. The number of methoxy groups -OCH3 is 2. The number of aromatic carboxylic acids is 2. The number of carbonyl (C=O) groups excluding carboxylic acids is 2. The minimum absolute atomic E-state index is 0. The van der Waals surface area contributed by atoms with E-state index in [1.165, 1.54) is 55.6 Å². The van der Waals surface area contributed by atoms with Crippen molar-refractivity contribution >= 4 is 95.5 Å². The molecule has 2 heterocycles. The zero-order valence-corrected chi connectivity index (χ0v) is 46.9. The number of nitrogens with zero attached hydrogens (tertiary/aromatic N) is 2. The number of phosphoric acid groups is 1. The maximum Gasteiger partial charge on any atom is 0.485 e. The number of hydrogen-bond acceptors (Lipinski definition) is 19. The highest BCUT2D eigenvalue weighted by atomic mass is 32.2. The summed E-state index contributed by atoms with van der Waals surface area (Å²) in [6, 6.07) is 25.2. The molecule has 2 aromatic heterocycles. The lowest BCUT2D eigenvalue weighted by Gasteiger charge is -2.29. The van der Waals surface area contributed by atoms with Crippen LogP contribution >= 0.6 is 7.82 Å². The second kappa shape index (κ2) is 26.1. The molecule has 0 unspecified atom stereocenters. The fourth-order valence-corrected chi connectivity index (χ4v) is 8.60.